The zero-order chi connectivity index (χ0) is 12.2. The topological polar surface area (TPSA) is 17.1 Å². The molecule has 0 aromatic rings. The molecule has 0 aromatic heterocycles. The van der Waals surface area contributed by atoms with Crippen LogP contribution in [0.2, 0.25) is 0 Å². The highest BCUT2D eigenvalue weighted by atomic mass is 19.1. The highest BCUT2D eigenvalue weighted by Gasteiger charge is 2.46. The molecule has 0 atom stereocenters. The number of halogens is 1. The molecule has 1 fully saturated rings. The van der Waals surface area contributed by atoms with Gasteiger partial charge < -0.3 is 0 Å². The smallest absolute Gasteiger partial charge is 0.135 e. The molecule has 94 valence electrons. The summed E-state index contributed by atoms with van der Waals surface area (Å²) in [5, 5.41) is 0. The van der Waals surface area contributed by atoms with Crippen LogP contribution in [0.5, 0.6) is 0 Å². The number of alkyl halides is 1. The van der Waals surface area contributed by atoms with Crippen LogP contribution in [0.4, 0.5) is 4.39 Å². The normalized spacial score (nSPS) is 18.5. The van der Waals surface area contributed by atoms with Gasteiger partial charge in [-0.2, -0.15) is 0 Å². The van der Waals surface area contributed by atoms with Crippen molar-refractivity contribution >= 4 is 5.78 Å². The van der Waals surface area contributed by atoms with E-state index in [4.69, 9.17) is 0 Å². The lowest BCUT2D eigenvalue weighted by Gasteiger charge is -2.25. The summed E-state index contributed by atoms with van der Waals surface area (Å²) in [5.74, 6) is 0.370. The number of carbonyl (C=O) groups excluding carboxylic acids is 1. The van der Waals surface area contributed by atoms with Gasteiger partial charge in [0.25, 0.3) is 0 Å². The summed E-state index contributed by atoms with van der Waals surface area (Å²) >= 11 is 0. The molecule has 1 rings (SSSR count). The lowest BCUT2D eigenvalue weighted by Crippen LogP contribution is -2.15. The Morgan fingerprint density at radius 2 is 1.81 bits per heavy atom. The van der Waals surface area contributed by atoms with Crippen molar-refractivity contribution in [2.75, 3.05) is 6.67 Å². The Bertz CT molecular complexity index is 241. The Balaban J connectivity index is 2.22. The molecule has 16 heavy (non-hydrogen) atoms. The van der Waals surface area contributed by atoms with Crippen molar-refractivity contribution in [3.63, 3.8) is 0 Å². The predicted molar refractivity (Wildman–Crippen MR) is 65.2 cm³/mol. The highest BCUT2D eigenvalue weighted by molar-refractivity contribution is 5.84. The van der Waals surface area contributed by atoms with Crippen molar-refractivity contribution in [3.8, 4) is 0 Å². The molecule has 0 spiro atoms. The van der Waals surface area contributed by atoms with E-state index in [1.54, 1.807) is 6.92 Å². The second-order valence-electron chi connectivity index (χ2n) is 6.15. The van der Waals surface area contributed by atoms with Crippen LogP contribution in [0, 0.1) is 10.8 Å². The number of hydrogen-bond acceptors (Lipinski definition) is 1. The molecule has 0 radical (unpaired) electrons. The maximum Gasteiger partial charge on any atom is 0.135 e. The first-order chi connectivity index (χ1) is 7.42. The van der Waals surface area contributed by atoms with Gasteiger partial charge in [0, 0.05) is 5.41 Å². The number of ketones is 1. The average molecular weight is 228 g/mol. The number of Topliss-reactive ketones (excluding diaryl/α,β-unsaturated/α-hetero) is 1. The fraction of sp³-hybridized carbons (Fsp3) is 0.929. The summed E-state index contributed by atoms with van der Waals surface area (Å²) in [6, 6.07) is 0. The lowest BCUT2D eigenvalue weighted by molar-refractivity contribution is -0.122. The third kappa shape index (κ3) is 3.88. The van der Waals surface area contributed by atoms with Crippen LogP contribution in [0.25, 0.3) is 0 Å². The van der Waals surface area contributed by atoms with Crippen LogP contribution in [-0.4, -0.2) is 12.5 Å². The van der Waals surface area contributed by atoms with E-state index in [1.165, 1.54) is 0 Å². The maximum atomic E-state index is 12.1. The van der Waals surface area contributed by atoms with Gasteiger partial charge in [-0.1, -0.05) is 20.3 Å². The summed E-state index contributed by atoms with van der Waals surface area (Å²) in [6.07, 6.45) is 7.07. The summed E-state index contributed by atoms with van der Waals surface area (Å²) < 4.78 is 12.1. The van der Waals surface area contributed by atoms with Gasteiger partial charge in [-0.25, -0.2) is 0 Å². The van der Waals surface area contributed by atoms with Crippen LogP contribution < -0.4 is 0 Å². The van der Waals surface area contributed by atoms with E-state index in [1.807, 2.05) is 0 Å². The second kappa shape index (κ2) is 5.29. The van der Waals surface area contributed by atoms with Crippen molar-refractivity contribution in [1.29, 1.82) is 0 Å². The fourth-order valence-corrected chi connectivity index (χ4v) is 2.50. The largest absolute Gasteiger partial charge is 0.299 e. The maximum absolute atomic E-state index is 12.1. The Morgan fingerprint density at radius 1 is 1.25 bits per heavy atom. The quantitative estimate of drug-likeness (QED) is 0.605. The summed E-state index contributed by atoms with van der Waals surface area (Å²) in [4.78, 5) is 11.4. The van der Waals surface area contributed by atoms with Crippen molar-refractivity contribution in [2.24, 2.45) is 10.8 Å². The zero-order valence-electron chi connectivity index (χ0n) is 10.9. The molecule has 1 saturated carbocycles. The third-order valence-corrected chi connectivity index (χ3v) is 4.10. The Morgan fingerprint density at radius 3 is 2.25 bits per heavy atom. The first-order valence-electron chi connectivity index (χ1n) is 6.49. The minimum absolute atomic E-state index is 0.0518. The van der Waals surface area contributed by atoms with Gasteiger partial charge >= 0.3 is 0 Å². The minimum Gasteiger partial charge on any atom is -0.299 e. The number of rotatable bonds is 8. The molecule has 2 heteroatoms. The van der Waals surface area contributed by atoms with E-state index < -0.39 is 0 Å². The van der Waals surface area contributed by atoms with Crippen molar-refractivity contribution in [1.82, 2.24) is 0 Å². The highest BCUT2D eigenvalue weighted by Crippen LogP contribution is 2.51. The fourth-order valence-electron chi connectivity index (χ4n) is 2.50. The van der Waals surface area contributed by atoms with Crippen LogP contribution in [0.15, 0.2) is 0 Å². The Hall–Kier alpha value is -0.400. The monoisotopic (exact) mass is 228 g/mol. The van der Waals surface area contributed by atoms with E-state index >= 15 is 0 Å². The summed E-state index contributed by atoms with van der Waals surface area (Å²) in [6.45, 7) is 5.92. The van der Waals surface area contributed by atoms with Crippen molar-refractivity contribution < 1.29 is 9.18 Å². The van der Waals surface area contributed by atoms with Crippen molar-refractivity contribution in [3.05, 3.63) is 0 Å². The zero-order valence-corrected chi connectivity index (χ0v) is 10.9. The molecular weight excluding hydrogens is 203 g/mol. The molecule has 1 aliphatic carbocycles. The van der Waals surface area contributed by atoms with E-state index in [0.29, 0.717) is 12.2 Å². The number of hydrogen-bond donors (Lipinski definition) is 0. The second-order valence-corrected chi connectivity index (χ2v) is 6.15. The van der Waals surface area contributed by atoms with E-state index in [2.05, 4.69) is 13.8 Å². The summed E-state index contributed by atoms with van der Waals surface area (Å²) in [5.41, 5.74) is 0.287. The first kappa shape index (κ1) is 13.7. The van der Waals surface area contributed by atoms with E-state index in [0.717, 1.165) is 38.5 Å². The molecule has 0 aromatic carbocycles. The molecule has 0 saturated heterocycles. The molecular formula is C14H25FO. The Kier molecular flexibility index (Phi) is 4.52. The predicted octanol–water partition coefficient (Wildman–Crippen LogP) is 4.30. The van der Waals surface area contributed by atoms with Gasteiger partial charge in [0.05, 0.1) is 6.67 Å². The number of carbonyl (C=O) groups is 1. The average Bonchev–Trinajstić information content (AvgIpc) is 2.96. The Labute approximate surface area is 98.8 Å². The standard InChI is InChI=1S/C14H25FO/c1-12(16)14(9-10-14)8-4-6-13(2,3)7-5-11-15/h4-11H2,1-3H3. The minimum atomic E-state index is -0.208. The third-order valence-electron chi connectivity index (χ3n) is 4.10. The lowest BCUT2D eigenvalue weighted by atomic mass is 9.81. The molecule has 0 unspecified atom stereocenters. The molecule has 1 aliphatic rings. The molecule has 0 N–H and O–H groups in total. The van der Waals surface area contributed by atoms with Crippen molar-refractivity contribution in [2.45, 2.75) is 65.7 Å². The van der Waals surface area contributed by atoms with Crippen LogP contribution in [0.1, 0.15) is 65.7 Å². The van der Waals surface area contributed by atoms with E-state index in [-0.39, 0.29) is 17.5 Å². The molecule has 0 amide bonds. The molecule has 0 bridgehead atoms. The molecule has 1 nitrogen and oxygen atoms in total. The van der Waals surface area contributed by atoms with E-state index in [9.17, 15) is 9.18 Å². The van der Waals surface area contributed by atoms with Gasteiger partial charge in [0.1, 0.15) is 5.78 Å². The van der Waals surface area contributed by atoms with Crippen LogP contribution >= 0.6 is 0 Å². The summed E-state index contributed by atoms with van der Waals surface area (Å²) in [7, 11) is 0. The van der Waals surface area contributed by atoms with Gasteiger partial charge in [-0.05, 0) is 50.9 Å². The van der Waals surface area contributed by atoms with Gasteiger partial charge in [0.15, 0.2) is 0 Å². The molecule has 0 aliphatic heterocycles. The first-order valence-corrected chi connectivity index (χ1v) is 6.49. The van der Waals surface area contributed by atoms with Crippen LogP contribution in [0.3, 0.4) is 0 Å². The van der Waals surface area contributed by atoms with Gasteiger partial charge in [-0.3, -0.25) is 9.18 Å². The van der Waals surface area contributed by atoms with Gasteiger partial charge in [0.2, 0.25) is 0 Å². The molecule has 0 heterocycles. The van der Waals surface area contributed by atoms with Crippen LogP contribution in [-0.2, 0) is 4.79 Å². The van der Waals surface area contributed by atoms with Gasteiger partial charge in [-0.15, -0.1) is 0 Å². The SMILES string of the molecule is CC(=O)C1(CCCC(C)(C)CCCF)CC1.